The number of aliphatic imine (C=N–C) groups is 1. The average molecular weight is 306 g/mol. The molecule has 22 heavy (non-hydrogen) atoms. The zero-order valence-corrected chi connectivity index (χ0v) is 13.2. The van der Waals surface area contributed by atoms with E-state index < -0.39 is 0 Å². The van der Waals surface area contributed by atoms with Crippen LogP contribution >= 0.6 is 0 Å². The molecule has 0 bridgehead atoms. The van der Waals surface area contributed by atoms with Crippen LogP contribution < -0.4 is 14.8 Å². The molecule has 1 aromatic carbocycles. The van der Waals surface area contributed by atoms with Gasteiger partial charge in [0.25, 0.3) is 11.9 Å². The lowest BCUT2D eigenvalue weighted by molar-refractivity contribution is 0.0964. The molecule has 120 valence electrons. The predicted octanol–water partition coefficient (Wildman–Crippen LogP) is 2.73. The zero-order chi connectivity index (χ0) is 15.9. The Morgan fingerprint density at radius 2 is 2.14 bits per heavy atom. The van der Waals surface area contributed by atoms with Gasteiger partial charge in [0.1, 0.15) is 0 Å². The first-order valence-corrected chi connectivity index (χ1v) is 7.55. The van der Waals surface area contributed by atoms with Crippen LogP contribution in [0.5, 0.6) is 11.5 Å². The topological polar surface area (TPSA) is 69.2 Å². The second kappa shape index (κ2) is 7.68. The molecule has 1 heterocycles. The van der Waals surface area contributed by atoms with Crippen molar-refractivity contribution in [2.75, 3.05) is 13.4 Å². The van der Waals surface area contributed by atoms with Crippen molar-refractivity contribution in [2.45, 2.75) is 39.7 Å². The highest BCUT2D eigenvalue weighted by molar-refractivity contribution is 6.04. The SMILES string of the molecule is CCCOC(=N[C@@H](C)CC)NC(=O)c1ccc2c(c1)OCO2. The molecule has 0 aromatic heterocycles. The number of nitrogens with one attached hydrogen (secondary N) is 1. The Kier molecular flexibility index (Phi) is 5.63. The van der Waals surface area contributed by atoms with Gasteiger partial charge < -0.3 is 14.2 Å². The second-order valence-corrected chi connectivity index (χ2v) is 5.06. The fraction of sp³-hybridized carbons (Fsp3) is 0.500. The highest BCUT2D eigenvalue weighted by Crippen LogP contribution is 2.32. The molecule has 1 N–H and O–H groups in total. The van der Waals surface area contributed by atoms with Gasteiger partial charge in [-0.05, 0) is 38.0 Å². The number of amides is 1. The fourth-order valence-electron chi connectivity index (χ4n) is 1.80. The number of amidine groups is 1. The molecule has 6 heteroatoms. The summed E-state index contributed by atoms with van der Waals surface area (Å²) in [7, 11) is 0. The fourth-order valence-corrected chi connectivity index (χ4v) is 1.80. The third-order valence-corrected chi connectivity index (χ3v) is 3.23. The van der Waals surface area contributed by atoms with Crippen molar-refractivity contribution in [3.05, 3.63) is 23.8 Å². The molecular weight excluding hydrogens is 284 g/mol. The number of ether oxygens (including phenoxy) is 3. The van der Waals surface area contributed by atoms with Gasteiger partial charge in [0.2, 0.25) is 6.79 Å². The first kappa shape index (κ1) is 16.1. The van der Waals surface area contributed by atoms with Crippen LogP contribution in [0.3, 0.4) is 0 Å². The summed E-state index contributed by atoms with van der Waals surface area (Å²) in [6.07, 6.45) is 1.72. The molecule has 0 aliphatic carbocycles. The summed E-state index contributed by atoms with van der Waals surface area (Å²) in [5.41, 5.74) is 0.473. The van der Waals surface area contributed by atoms with Crippen molar-refractivity contribution >= 4 is 11.9 Å². The van der Waals surface area contributed by atoms with Crippen LogP contribution in [0, 0.1) is 0 Å². The van der Waals surface area contributed by atoms with Crippen molar-refractivity contribution in [2.24, 2.45) is 4.99 Å². The number of rotatable bonds is 5. The minimum atomic E-state index is -0.281. The van der Waals surface area contributed by atoms with Gasteiger partial charge in [-0.1, -0.05) is 13.8 Å². The van der Waals surface area contributed by atoms with Gasteiger partial charge in [-0.25, -0.2) is 4.99 Å². The Hall–Kier alpha value is -2.24. The Morgan fingerprint density at radius 1 is 1.36 bits per heavy atom. The van der Waals surface area contributed by atoms with Gasteiger partial charge in [0.05, 0.1) is 12.6 Å². The molecule has 0 saturated heterocycles. The molecule has 0 saturated carbocycles. The van der Waals surface area contributed by atoms with Gasteiger partial charge in [-0.15, -0.1) is 0 Å². The van der Waals surface area contributed by atoms with E-state index in [9.17, 15) is 4.79 Å². The standard InChI is InChI=1S/C16H22N2O4/c1-4-8-20-16(17-11(3)5-2)18-15(19)12-6-7-13-14(9-12)22-10-21-13/h6-7,9,11H,4-5,8,10H2,1-3H3,(H,17,18,19)/t11-/m0/s1. The molecule has 0 radical (unpaired) electrons. The Morgan fingerprint density at radius 3 is 2.86 bits per heavy atom. The van der Waals surface area contributed by atoms with Gasteiger partial charge in [-0.2, -0.15) is 0 Å². The van der Waals surface area contributed by atoms with E-state index in [-0.39, 0.29) is 24.8 Å². The lowest BCUT2D eigenvalue weighted by atomic mass is 10.2. The van der Waals surface area contributed by atoms with Crippen LogP contribution in [-0.2, 0) is 4.74 Å². The van der Waals surface area contributed by atoms with E-state index in [4.69, 9.17) is 14.2 Å². The lowest BCUT2D eigenvalue weighted by Crippen LogP contribution is -2.33. The first-order valence-electron chi connectivity index (χ1n) is 7.55. The van der Waals surface area contributed by atoms with E-state index in [2.05, 4.69) is 10.3 Å². The van der Waals surface area contributed by atoms with E-state index in [0.29, 0.717) is 23.7 Å². The number of hydrogen-bond donors (Lipinski definition) is 1. The van der Waals surface area contributed by atoms with E-state index >= 15 is 0 Å². The van der Waals surface area contributed by atoms with Crippen molar-refractivity contribution in [3.8, 4) is 11.5 Å². The van der Waals surface area contributed by atoms with Crippen molar-refractivity contribution in [3.63, 3.8) is 0 Å². The number of carbonyl (C=O) groups excluding carboxylic acids is 1. The quantitative estimate of drug-likeness (QED) is 0.671. The van der Waals surface area contributed by atoms with Crippen LogP contribution in [0.4, 0.5) is 0 Å². The molecule has 0 unspecified atom stereocenters. The van der Waals surface area contributed by atoms with Gasteiger partial charge >= 0.3 is 0 Å². The molecule has 1 amide bonds. The highest BCUT2D eigenvalue weighted by atomic mass is 16.7. The second-order valence-electron chi connectivity index (χ2n) is 5.06. The smallest absolute Gasteiger partial charge is 0.291 e. The summed E-state index contributed by atoms with van der Waals surface area (Å²) < 4.78 is 16.0. The summed E-state index contributed by atoms with van der Waals surface area (Å²) in [4.78, 5) is 16.7. The van der Waals surface area contributed by atoms with E-state index in [1.807, 2.05) is 20.8 Å². The molecule has 1 atom stereocenters. The maximum atomic E-state index is 12.3. The Labute approximate surface area is 130 Å². The minimum Gasteiger partial charge on any atom is -0.465 e. The first-order chi connectivity index (χ1) is 10.6. The number of fused-ring (bicyclic) bond motifs is 1. The molecule has 1 aliphatic heterocycles. The monoisotopic (exact) mass is 306 g/mol. The van der Waals surface area contributed by atoms with E-state index in [1.54, 1.807) is 18.2 Å². The third kappa shape index (κ3) is 4.13. The minimum absolute atomic E-state index is 0.0870. The number of benzene rings is 1. The number of hydrogen-bond acceptors (Lipinski definition) is 5. The summed E-state index contributed by atoms with van der Waals surface area (Å²) in [6, 6.07) is 5.40. The highest BCUT2D eigenvalue weighted by Gasteiger charge is 2.17. The largest absolute Gasteiger partial charge is 0.465 e. The summed E-state index contributed by atoms with van der Waals surface area (Å²) in [5.74, 6) is 0.936. The number of carbonyl (C=O) groups is 1. The Bertz CT molecular complexity index is 557. The summed E-state index contributed by atoms with van der Waals surface area (Å²) in [6.45, 7) is 6.70. The molecule has 0 fully saturated rings. The van der Waals surface area contributed by atoms with Crippen molar-refractivity contribution in [1.29, 1.82) is 0 Å². The molecule has 0 spiro atoms. The van der Waals surface area contributed by atoms with Gasteiger partial charge in [-0.3, -0.25) is 10.1 Å². The summed E-state index contributed by atoms with van der Waals surface area (Å²) in [5, 5.41) is 2.72. The predicted molar refractivity (Wildman–Crippen MR) is 83.5 cm³/mol. The average Bonchev–Trinajstić information content (AvgIpc) is 2.99. The lowest BCUT2D eigenvalue weighted by Gasteiger charge is -2.12. The van der Waals surface area contributed by atoms with Gasteiger partial charge in [0, 0.05) is 5.56 Å². The van der Waals surface area contributed by atoms with Crippen molar-refractivity contribution in [1.82, 2.24) is 5.32 Å². The summed E-state index contributed by atoms with van der Waals surface area (Å²) >= 11 is 0. The number of nitrogens with zero attached hydrogens (tertiary/aromatic N) is 1. The normalized spacial score (nSPS) is 14.6. The molecule has 6 nitrogen and oxygen atoms in total. The van der Waals surface area contributed by atoms with Crippen LogP contribution in [0.15, 0.2) is 23.2 Å². The zero-order valence-electron chi connectivity index (χ0n) is 13.2. The molecule has 1 aromatic rings. The van der Waals surface area contributed by atoms with Crippen LogP contribution in [0.1, 0.15) is 44.0 Å². The van der Waals surface area contributed by atoms with Crippen molar-refractivity contribution < 1.29 is 19.0 Å². The van der Waals surface area contributed by atoms with E-state index in [1.165, 1.54) is 0 Å². The van der Waals surface area contributed by atoms with Crippen LogP contribution in [0.2, 0.25) is 0 Å². The van der Waals surface area contributed by atoms with Gasteiger partial charge in [0.15, 0.2) is 11.5 Å². The molecule has 2 rings (SSSR count). The maximum Gasteiger partial charge on any atom is 0.291 e. The molecule has 1 aliphatic rings. The molecular formula is C16H22N2O4. The van der Waals surface area contributed by atoms with Crippen LogP contribution in [-0.4, -0.2) is 31.4 Å². The van der Waals surface area contributed by atoms with E-state index in [0.717, 1.165) is 12.8 Å². The Balaban J connectivity index is 2.08. The van der Waals surface area contributed by atoms with Crippen LogP contribution in [0.25, 0.3) is 0 Å². The maximum absolute atomic E-state index is 12.3. The third-order valence-electron chi connectivity index (χ3n) is 3.23.